The summed E-state index contributed by atoms with van der Waals surface area (Å²) in [4.78, 5) is 29.6. The number of carbonyl (C=O) groups is 1. The number of carboxylic acid groups (broad SMARTS) is 1. The molecule has 0 fully saturated rings. The van der Waals surface area contributed by atoms with E-state index in [1.54, 1.807) is 0 Å². The average Bonchev–Trinajstić information content (AvgIpc) is 2.98. The molecule has 0 saturated carbocycles. The number of benzene rings is 1. The summed E-state index contributed by atoms with van der Waals surface area (Å²) in [5.41, 5.74) is 0.519. The molecule has 0 spiro atoms. The maximum absolute atomic E-state index is 12.2. The number of aryl methyl sites for hydroxylation is 1. The number of hydrogen-bond donors (Lipinski definition) is 2. The molecule has 0 aliphatic carbocycles. The third-order valence-corrected chi connectivity index (χ3v) is 4.73. The molecule has 2 N–H and O–H groups in total. The first kappa shape index (κ1) is 20.1. The van der Waals surface area contributed by atoms with Crippen molar-refractivity contribution in [2.75, 3.05) is 10.5 Å². The smallest absolute Gasteiger partial charge is 0.545 e. The molecule has 12 heteroatoms. The topological polar surface area (TPSA) is 149 Å². The number of aromatic amines is 1. The van der Waals surface area contributed by atoms with Crippen LogP contribution in [0.4, 0.5) is 5.69 Å². The van der Waals surface area contributed by atoms with Crippen molar-refractivity contribution >= 4 is 27.3 Å². The quantitative estimate of drug-likeness (QED) is 0.408. The van der Waals surface area contributed by atoms with Crippen molar-refractivity contribution in [2.45, 2.75) is 6.42 Å². The van der Waals surface area contributed by atoms with Crippen LogP contribution < -0.4 is 45.1 Å². The molecular formula is C14H12N5NaO5S. The zero-order valence-electron chi connectivity index (χ0n) is 13.7. The number of hydrogen-bond acceptors (Lipinski definition) is 7. The third-order valence-electron chi connectivity index (χ3n) is 3.44. The number of aromatic carboxylic acids is 1. The van der Waals surface area contributed by atoms with Crippen LogP contribution in [0.3, 0.4) is 0 Å². The van der Waals surface area contributed by atoms with Gasteiger partial charge >= 0.3 is 35.2 Å². The molecule has 0 radical (unpaired) electrons. The maximum atomic E-state index is 12.2. The van der Waals surface area contributed by atoms with Gasteiger partial charge in [0, 0.05) is 17.4 Å². The van der Waals surface area contributed by atoms with Gasteiger partial charge < -0.3 is 9.90 Å². The molecule has 1 aromatic carbocycles. The van der Waals surface area contributed by atoms with Crippen molar-refractivity contribution in [1.29, 1.82) is 0 Å². The second-order valence-electron chi connectivity index (χ2n) is 5.15. The number of carbonyl (C=O) groups excluding carboxylic acids is 1. The zero-order valence-corrected chi connectivity index (χ0v) is 16.5. The van der Waals surface area contributed by atoms with Crippen molar-refractivity contribution in [3.63, 3.8) is 0 Å². The Balaban J connectivity index is 0.00000243. The molecule has 0 atom stereocenters. The Morgan fingerprint density at radius 2 is 1.92 bits per heavy atom. The molecule has 0 amide bonds. The van der Waals surface area contributed by atoms with Gasteiger partial charge in [-0.05, 0) is 24.1 Å². The number of rotatable bonds is 6. The molecular weight excluding hydrogens is 373 g/mol. The Morgan fingerprint density at radius 1 is 1.23 bits per heavy atom. The van der Waals surface area contributed by atoms with Crippen LogP contribution in [0, 0.1) is 0 Å². The number of H-pyrrole nitrogens is 1. The van der Waals surface area contributed by atoms with Gasteiger partial charge in [0.05, 0.1) is 11.7 Å². The summed E-state index contributed by atoms with van der Waals surface area (Å²) in [5, 5.41) is 13.3. The van der Waals surface area contributed by atoms with Gasteiger partial charge in [0.25, 0.3) is 0 Å². The van der Waals surface area contributed by atoms with Crippen molar-refractivity contribution < 1.29 is 47.9 Å². The van der Waals surface area contributed by atoms with Gasteiger partial charge in [-0.1, -0.05) is 12.1 Å². The van der Waals surface area contributed by atoms with E-state index in [9.17, 15) is 23.1 Å². The van der Waals surface area contributed by atoms with E-state index in [1.807, 2.05) is 0 Å². The molecule has 0 aliphatic rings. The largest absolute Gasteiger partial charge is 1.00 e. The number of sulfonamides is 1. The van der Waals surface area contributed by atoms with Crippen LogP contribution in [0.25, 0.3) is 5.65 Å². The number of nitrogens with zero attached hydrogens (tertiary/aromatic N) is 3. The summed E-state index contributed by atoms with van der Waals surface area (Å²) in [6.07, 6.45) is 2.73. The second kappa shape index (κ2) is 7.99. The van der Waals surface area contributed by atoms with Crippen LogP contribution in [-0.4, -0.2) is 39.7 Å². The molecule has 0 aliphatic heterocycles. The fourth-order valence-corrected chi connectivity index (χ4v) is 3.31. The molecule has 130 valence electrons. The molecule has 2 aromatic heterocycles. The van der Waals surface area contributed by atoms with Crippen molar-refractivity contribution in [1.82, 2.24) is 19.6 Å². The Labute approximate surface area is 169 Å². The van der Waals surface area contributed by atoms with Crippen LogP contribution in [0.1, 0.15) is 15.9 Å². The first-order valence-electron chi connectivity index (χ1n) is 7.08. The monoisotopic (exact) mass is 385 g/mol. The number of carboxylic acids is 1. The van der Waals surface area contributed by atoms with Gasteiger partial charge in [-0.3, -0.25) is 9.82 Å². The minimum absolute atomic E-state index is 0. The standard InChI is InChI=1S/C14H13N5O5S.Na/c20-13(21)9-1-3-11(4-2-9)18-25(23,24)6-5-10-7-17-19-12(10)15-8-16-14(19)22;/h1-4,7-8,17-18H,5-6H2,(H,20,21);/q;+1/p-1. The van der Waals surface area contributed by atoms with E-state index in [0.717, 1.165) is 10.8 Å². The first-order valence-corrected chi connectivity index (χ1v) is 8.73. The Bertz CT molecular complexity index is 1090. The van der Waals surface area contributed by atoms with Gasteiger partial charge in [-0.2, -0.15) is 9.50 Å². The predicted molar refractivity (Wildman–Crippen MR) is 85.5 cm³/mol. The van der Waals surface area contributed by atoms with Crippen molar-refractivity contribution in [2.24, 2.45) is 0 Å². The van der Waals surface area contributed by atoms with E-state index in [-0.39, 0.29) is 53.0 Å². The number of nitrogens with one attached hydrogen (secondary N) is 2. The van der Waals surface area contributed by atoms with E-state index in [2.05, 4.69) is 19.8 Å². The molecule has 3 rings (SSSR count). The van der Waals surface area contributed by atoms with Gasteiger partial charge in [-0.15, -0.1) is 0 Å². The van der Waals surface area contributed by atoms with E-state index in [1.165, 1.54) is 30.5 Å². The summed E-state index contributed by atoms with van der Waals surface area (Å²) in [6, 6.07) is 5.16. The summed E-state index contributed by atoms with van der Waals surface area (Å²) in [7, 11) is -3.68. The second-order valence-corrected chi connectivity index (χ2v) is 6.99. The van der Waals surface area contributed by atoms with Crippen molar-refractivity contribution in [3.8, 4) is 0 Å². The van der Waals surface area contributed by atoms with Crippen LogP contribution in [-0.2, 0) is 16.4 Å². The average molecular weight is 385 g/mol. The third kappa shape index (κ3) is 4.49. The Hall–Kier alpha value is -2.21. The fourth-order valence-electron chi connectivity index (χ4n) is 2.22. The number of aromatic nitrogens is 4. The van der Waals surface area contributed by atoms with Crippen LogP contribution in [0.5, 0.6) is 0 Å². The molecule has 0 bridgehead atoms. The van der Waals surface area contributed by atoms with Crippen LogP contribution >= 0.6 is 0 Å². The normalized spacial score (nSPS) is 11.1. The molecule has 26 heavy (non-hydrogen) atoms. The first-order chi connectivity index (χ1) is 11.9. The predicted octanol–water partition coefficient (Wildman–Crippen LogP) is -4.23. The minimum Gasteiger partial charge on any atom is -0.545 e. The number of anilines is 1. The maximum Gasteiger partial charge on any atom is 1.00 e. The summed E-state index contributed by atoms with van der Waals surface area (Å²) < 4.78 is 27.8. The summed E-state index contributed by atoms with van der Waals surface area (Å²) >= 11 is 0. The van der Waals surface area contributed by atoms with E-state index < -0.39 is 21.7 Å². The Morgan fingerprint density at radius 3 is 2.58 bits per heavy atom. The molecule has 10 nitrogen and oxygen atoms in total. The van der Waals surface area contributed by atoms with E-state index in [4.69, 9.17) is 0 Å². The summed E-state index contributed by atoms with van der Waals surface area (Å²) in [5.74, 6) is -1.59. The zero-order chi connectivity index (χ0) is 18.0. The van der Waals surface area contributed by atoms with Crippen LogP contribution in [0.2, 0.25) is 0 Å². The SMILES string of the molecule is O=C([O-])c1ccc(NS(=O)(=O)CCc2c[nH]n3c(=O)ncnc23)cc1.[Na+]. The van der Waals surface area contributed by atoms with E-state index >= 15 is 0 Å². The van der Waals surface area contributed by atoms with Gasteiger partial charge in [-0.25, -0.2) is 18.2 Å². The van der Waals surface area contributed by atoms with Gasteiger partial charge in [0.1, 0.15) is 6.33 Å². The minimum atomic E-state index is -3.68. The van der Waals surface area contributed by atoms with Crippen molar-refractivity contribution in [3.05, 3.63) is 58.4 Å². The van der Waals surface area contributed by atoms with Gasteiger partial charge in [0.2, 0.25) is 10.0 Å². The number of fused-ring (bicyclic) bond motifs is 1. The summed E-state index contributed by atoms with van der Waals surface area (Å²) in [6.45, 7) is 0. The fraction of sp³-hybridized carbons (Fsp3) is 0.143. The molecule has 0 unspecified atom stereocenters. The molecule has 3 aromatic rings. The van der Waals surface area contributed by atoms with Gasteiger partial charge in [0.15, 0.2) is 5.65 Å². The Kier molecular flexibility index (Phi) is 6.18. The van der Waals surface area contributed by atoms with E-state index in [0.29, 0.717) is 11.2 Å². The molecule has 2 heterocycles. The molecule has 0 saturated heterocycles. The van der Waals surface area contributed by atoms with Crippen LogP contribution in [0.15, 0.2) is 41.6 Å².